The van der Waals surface area contributed by atoms with Crippen LogP contribution < -0.4 is 4.90 Å². The molecule has 5 atom stereocenters. The number of benzene rings is 8. The molecule has 0 saturated heterocycles. The van der Waals surface area contributed by atoms with Gasteiger partial charge in [0.25, 0.3) is 0 Å². The standard InChI is InChI=1S/C58H46N2/c1-2-11-39(12-3-1)43-13-10-14-49(34-43)59(48-31-27-45(28-32-48)57-36-46-33-44-35-58(46,38-57)53(44)37-57)47-29-25-41(26-30-47)40-21-23-42(24-22-40)50-15-4-7-18-54(50)60-55-19-8-5-16-51(55)52-17-6-9-20-56(52)60/h1-32,34,44,46,53H,33,35-38H2/t44?,46-,53+,57?,58?/m0/s1. The Morgan fingerprint density at radius 1 is 0.450 bits per heavy atom. The number of anilines is 3. The van der Waals surface area contributed by atoms with E-state index in [4.69, 9.17) is 0 Å². The van der Waals surface area contributed by atoms with Gasteiger partial charge in [0.2, 0.25) is 0 Å². The summed E-state index contributed by atoms with van der Waals surface area (Å²) in [5.74, 6) is 3.01. The molecule has 1 heterocycles. The maximum Gasteiger partial charge on any atom is 0.0541 e. The van der Waals surface area contributed by atoms with Gasteiger partial charge in [-0.15, -0.1) is 0 Å². The Morgan fingerprint density at radius 2 is 1.03 bits per heavy atom. The van der Waals surface area contributed by atoms with Gasteiger partial charge in [-0.05, 0) is 149 Å². The highest BCUT2D eigenvalue weighted by Gasteiger charge is 2.76. The molecular formula is C58H46N2. The van der Waals surface area contributed by atoms with E-state index in [-0.39, 0.29) is 0 Å². The van der Waals surface area contributed by atoms with E-state index in [0.29, 0.717) is 10.8 Å². The van der Waals surface area contributed by atoms with Crippen molar-refractivity contribution in [1.82, 2.24) is 4.57 Å². The molecular weight excluding hydrogens is 725 g/mol. The zero-order chi connectivity index (χ0) is 39.4. The van der Waals surface area contributed by atoms with E-state index in [9.17, 15) is 0 Å². The lowest BCUT2D eigenvalue weighted by Gasteiger charge is -2.45. The molecule has 8 aromatic carbocycles. The molecule has 288 valence electrons. The lowest BCUT2D eigenvalue weighted by molar-refractivity contribution is 0.0381. The summed E-state index contributed by atoms with van der Waals surface area (Å²) in [7, 11) is 0. The number of hydrogen-bond donors (Lipinski definition) is 0. The highest BCUT2D eigenvalue weighted by molar-refractivity contribution is 6.09. The molecule has 5 saturated carbocycles. The largest absolute Gasteiger partial charge is 0.310 e. The molecule has 5 aliphatic rings. The van der Waals surface area contributed by atoms with Crippen LogP contribution in [0.4, 0.5) is 17.1 Å². The van der Waals surface area contributed by atoms with Gasteiger partial charge in [0, 0.05) is 33.4 Å². The minimum Gasteiger partial charge on any atom is -0.310 e. The molecule has 5 aliphatic carbocycles. The summed E-state index contributed by atoms with van der Waals surface area (Å²) in [4.78, 5) is 2.44. The first-order chi connectivity index (χ1) is 29.6. The summed E-state index contributed by atoms with van der Waals surface area (Å²) in [5.41, 5.74) is 17.1. The van der Waals surface area contributed by atoms with Crippen molar-refractivity contribution < 1.29 is 0 Å². The van der Waals surface area contributed by atoms with Crippen molar-refractivity contribution in [1.29, 1.82) is 0 Å². The van der Waals surface area contributed by atoms with Crippen LogP contribution in [0.1, 0.15) is 37.7 Å². The second-order valence-corrected chi connectivity index (χ2v) is 18.4. The van der Waals surface area contributed by atoms with Crippen molar-refractivity contribution in [3.8, 4) is 39.1 Å². The van der Waals surface area contributed by atoms with Crippen LogP contribution in [0.15, 0.2) is 200 Å². The molecule has 2 nitrogen and oxygen atoms in total. The van der Waals surface area contributed by atoms with Crippen LogP contribution in [0.5, 0.6) is 0 Å². The Bertz CT molecular complexity index is 3020. The van der Waals surface area contributed by atoms with Crippen molar-refractivity contribution in [2.24, 2.45) is 23.2 Å². The molecule has 0 radical (unpaired) electrons. The third-order valence-electron chi connectivity index (χ3n) is 15.6. The monoisotopic (exact) mass is 770 g/mol. The van der Waals surface area contributed by atoms with Gasteiger partial charge in [-0.3, -0.25) is 0 Å². The third-order valence-corrected chi connectivity index (χ3v) is 15.6. The summed E-state index contributed by atoms with van der Waals surface area (Å²) in [5, 5.41) is 2.55. The van der Waals surface area contributed by atoms with Gasteiger partial charge in [0.05, 0.1) is 16.7 Å². The van der Waals surface area contributed by atoms with Crippen molar-refractivity contribution in [3.63, 3.8) is 0 Å². The molecule has 1 aromatic heterocycles. The molecule has 3 unspecified atom stereocenters. The minimum atomic E-state index is 0.404. The number of nitrogens with zero attached hydrogens (tertiary/aromatic N) is 2. The van der Waals surface area contributed by atoms with E-state index < -0.39 is 0 Å². The van der Waals surface area contributed by atoms with Gasteiger partial charge >= 0.3 is 0 Å². The van der Waals surface area contributed by atoms with Crippen LogP contribution in [-0.2, 0) is 5.41 Å². The van der Waals surface area contributed by atoms with Crippen LogP contribution in [0, 0.1) is 23.2 Å². The number of fused-ring (bicyclic) bond motifs is 4. The van der Waals surface area contributed by atoms with E-state index in [1.807, 2.05) is 0 Å². The van der Waals surface area contributed by atoms with Gasteiger partial charge in [-0.25, -0.2) is 0 Å². The summed E-state index contributed by atoms with van der Waals surface area (Å²) in [6.45, 7) is 0. The maximum absolute atomic E-state index is 2.49. The number of aromatic nitrogens is 1. The Labute approximate surface area is 352 Å². The van der Waals surface area contributed by atoms with Crippen molar-refractivity contribution in [2.45, 2.75) is 37.5 Å². The molecule has 1 spiro atoms. The van der Waals surface area contributed by atoms with Crippen molar-refractivity contribution >= 4 is 38.9 Å². The SMILES string of the molecule is c1ccc(-c2cccc(N(c3ccc(-c4ccc(-c5ccccc5-n5c6ccccc6c6ccccc65)cc4)cc3)c3ccc(C45C[C@@H]6CC7CC6(C4)[C@@H]7C5)cc3)c2)cc1. The number of rotatable bonds is 8. The first kappa shape index (κ1) is 34.2. The molecule has 60 heavy (non-hydrogen) atoms. The smallest absolute Gasteiger partial charge is 0.0541 e. The van der Waals surface area contributed by atoms with Crippen LogP contribution in [0.2, 0.25) is 0 Å². The maximum atomic E-state index is 2.49. The van der Waals surface area contributed by atoms with Gasteiger partial charge in [0.1, 0.15) is 0 Å². The second-order valence-electron chi connectivity index (χ2n) is 18.4. The lowest BCUT2D eigenvalue weighted by Crippen LogP contribution is -2.38. The average Bonchev–Trinajstić information content (AvgIpc) is 4.06. The van der Waals surface area contributed by atoms with Gasteiger partial charge < -0.3 is 9.47 Å². The second kappa shape index (κ2) is 12.9. The summed E-state index contributed by atoms with van der Waals surface area (Å²) in [6.07, 6.45) is 7.30. The summed E-state index contributed by atoms with van der Waals surface area (Å²) in [6, 6.07) is 74.1. The van der Waals surface area contributed by atoms with E-state index in [1.54, 1.807) is 5.56 Å². The first-order valence-corrected chi connectivity index (χ1v) is 22.0. The fourth-order valence-corrected chi connectivity index (χ4v) is 13.1. The van der Waals surface area contributed by atoms with Crippen LogP contribution >= 0.6 is 0 Å². The zero-order valence-corrected chi connectivity index (χ0v) is 33.7. The average molecular weight is 771 g/mol. The van der Waals surface area contributed by atoms with E-state index in [1.165, 1.54) is 104 Å². The van der Waals surface area contributed by atoms with E-state index in [2.05, 4.69) is 210 Å². The van der Waals surface area contributed by atoms with Crippen LogP contribution in [0.3, 0.4) is 0 Å². The van der Waals surface area contributed by atoms with Gasteiger partial charge in [-0.1, -0.05) is 146 Å². The molecule has 0 N–H and O–H groups in total. The predicted octanol–water partition coefficient (Wildman–Crippen LogP) is 15.3. The molecule has 3 bridgehead atoms. The fraction of sp³-hybridized carbons (Fsp3) is 0.172. The van der Waals surface area contributed by atoms with E-state index in [0.717, 1.165) is 23.4 Å². The molecule has 0 aliphatic heterocycles. The van der Waals surface area contributed by atoms with Crippen molar-refractivity contribution in [2.75, 3.05) is 4.90 Å². The van der Waals surface area contributed by atoms with E-state index >= 15 is 0 Å². The molecule has 9 aromatic rings. The fourth-order valence-electron chi connectivity index (χ4n) is 13.1. The Hall–Kier alpha value is -6.64. The number of hydrogen-bond acceptors (Lipinski definition) is 1. The van der Waals surface area contributed by atoms with Crippen LogP contribution in [0.25, 0.3) is 60.9 Å². The normalized spacial score (nSPS) is 23.3. The lowest BCUT2D eigenvalue weighted by atomic mass is 9.59. The zero-order valence-electron chi connectivity index (χ0n) is 33.7. The predicted molar refractivity (Wildman–Crippen MR) is 249 cm³/mol. The minimum absolute atomic E-state index is 0.404. The summed E-state index contributed by atoms with van der Waals surface area (Å²) < 4.78 is 2.42. The van der Waals surface area contributed by atoms with Gasteiger partial charge in [-0.2, -0.15) is 0 Å². The van der Waals surface area contributed by atoms with Gasteiger partial charge in [0.15, 0.2) is 0 Å². The topological polar surface area (TPSA) is 8.17 Å². The molecule has 14 rings (SSSR count). The Balaban J connectivity index is 0.838. The Morgan fingerprint density at radius 3 is 1.73 bits per heavy atom. The number of para-hydroxylation sites is 3. The highest BCUT2D eigenvalue weighted by Crippen LogP contribution is 2.83. The molecule has 2 heteroatoms. The van der Waals surface area contributed by atoms with Crippen LogP contribution in [-0.4, -0.2) is 4.57 Å². The first-order valence-electron chi connectivity index (χ1n) is 22.0. The Kier molecular flexibility index (Phi) is 7.38. The molecule has 5 fully saturated rings. The third kappa shape index (κ3) is 5.00. The molecule has 0 amide bonds. The quantitative estimate of drug-likeness (QED) is 0.149. The summed E-state index contributed by atoms with van der Waals surface area (Å²) >= 11 is 0. The van der Waals surface area contributed by atoms with Crippen molar-refractivity contribution in [3.05, 3.63) is 206 Å². The highest BCUT2D eigenvalue weighted by atomic mass is 15.1.